The van der Waals surface area contributed by atoms with Crippen LogP contribution in [-0.2, 0) is 11.3 Å². The zero-order chi connectivity index (χ0) is 17.0. The third-order valence-electron chi connectivity index (χ3n) is 3.27. The minimum Gasteiger partial charge on any atom is -0.444 e. The molecule has 2 N–H and O–H groups in total. The van der Waals surface area contributed by atoms with Crippen LogP contribution < -0.4 is 5.73 Å². The van der Waals surface area contributed by atoms with Crippen LogP contribution >= 0.6 is 27.3 Å². The second-order valence-electron chi connectivity index (χ2n) is 6.36. The van der Waals surface area contributed by atoms with Gasteiger partial charge in [-0.05, 0) is 42.8 Å². The van der Waals surface area contributed by atoms with Gasteiger partial charge in [-0.25, -0.2) is 9.79 Å². The molecule has 2 heterocycles. The monoisotopic (exact) mass is 402 g/mol. The maximum Gasteiger partial charge on any atom is 0.410 e. The van der Waals surface area contributed by atoms with Gasteiger partial charge in [0.15, 0.2) is 5.96 Å². The highest BCUT2D eigenvalue weighted by atomic mass is 79.9. The number of halogens is 1. The minimum atomic E-state index is -0.469. The number of hydrogen-bond donors (Lipinski definition) is 1. The Kier molecular flexibility index (Phi) is 5.91. The lowest BCUT2D eigenvalue weighted by Crippen LogP contribution is -2.53. The van der Waals surface area contributed by atoms with Gasteiger partial charge in [0.2, 0.25) is 0 Å². The average molecular weight is 403 g/mol. The van der Waals surface area contributed by atoms with Crippen LogP contribution in [0.3, 0.4) is 0 Å². The SMILES string of the molecule is CC(C)(C)OC(=O)N1CCN(C(N)=NCc2cc(Br)cs2)CC1. The lowest BCUT2D eigenvalue weighted by Gasteiger charge is -2.36. The molecule has 0 aliphatic carbocycles. The highest BCUT2D eigenvalue weighted by Gasteiger charge is 2.26. The van der Waals surface area contributed by atoms with Crippen molar-refractivity contribution in [1.29, 1.82) is 0 Å². The molecule has 0 saturated carbocycles. The van der Waals surface area contributed by atoms with Gasteiger partial charge in [-0.2, -0.15) is 0 Å². The molecule has 0 bridgehead atoms. The molecule has 6 nitrogen and oxygen atoms in total. The van der Waals surface area contributed by atoms with Crippen molar-refractivity contribution < 1.29 is 9.53 Å². The second-order valence-corrected chi connectivity index (χ2v) is 8.27. The maximum absolute atomic E-state index is 12.0. The van der Waals surface area contributed by atoms with Crippen molar-refractivity contribution in [1.82, 2.24) is 9.80 Å². The van der Waals surface area contributed by atoms with Crippen LogP contribution in [-0.4, -0.2) is 53.6 Å². The number of guanidine groups is 1. The molecule has 8 heteroatoms. The Morgan fingerprint density at radius 3 is 2.48 bits per heavy atom. The number of thiophene rings is 1. The second kappa shape index (κ2) is 7.53. The summed E-state index contributed by atoms with van der Waals surface area (Å²) in [6.07, 6.45) is -0.268. The minimum absolute atomic E-state index is 0.268. The first kappa shape index (κ1) is 18.1. The van der Waals surface area contributed by atoms with Crippen LogP contribution in [0.25, 0.3) is 0 Å². The highest BCUT2D eigenvalue weighted by Crippen LogP contribution is 2.20. The molecule has 23 heavy (non-hydrogen) atoms. The summed E-state index contributed by atoms with van der Waals surface area (Å²) in [5.74, 6) is 0.526. The Morgan fingerprint density at radius 2 is 1.96 bits per heavy atom. The Labute approximate surface area is 149 Å². The fourth-order valence-electron chi connectivity index (χ4n) is 2.14. The van der Waals surface area contributed by atoms with E-state index < -0.39 is 5.60 Å². The quantitative estimate of drug-likeness (QED) is 0.609. The van der Waals surface area contributed by atoms with Gasteiger partial charge in [0.1, 0.15) is 5.60 Å². The normalized spacial score (nSPS) is 16.6. The van der Waals surface area contributed by atoms with Gasteiger partial charge in [0.05, 0.1) is 6.54 Å². The van der Waals surface area contributed by atoms with Crippen LogP contribution in [0.5, 0.6) is 0 Å². The van der Waals surface area contributed by atoms with E-state index in [1.54, 1.807) is 16.2 Å². The third-order valence-corrected chi connectivity index (χ3v) is 4.96. The van der Waals surface area contributed by atoms with Crippen molar-refractivity contribution in [3.8, 4) is 0 Å². The van der Waals surface area contributed by atoms with E-state index in [0.717, 1.165) is 9.35 Å². The maximum atomic E-state index is 12.0. The first-order valence-electron chi connectivity index (χ1n) is 7.50. The molecule has 2 rings (SSSR count). The number of nitrogens with zero attached hydrogens (tertiary/aromatic N) is 3. The lowest BCUT2D eigenvalue weighted by molar-refractivity contribution is 0.0186. The molecule has 128 valence electrons. The Hall–Kier alpha value is -1.28. The first-order chi connectivity index (χ1) is 10.7. The highest BCUT2D eigenvalue weighted by molar-refractivity contribution is 9.10. The van der Waals surface area contributed by atoms with Crippen LogP contribution in [0.4, 0.5) is 4.79 Å². The molecule has 1 saturated heterocycles. The molecule has 1 aromatic rings. The van der Waals surface area contributed by atoms with Crippen LogP contribution in [0.15, 0.2) is 20.9 Å². The fraction of sp³-hybridized carbons (Fsp3) is 0.600. The van der Waals surface area contributed by atoms with Crippen LogP contribution in [0.2, 0.25) is 0 Å². The van der Waals surface area contributed by atoms with Gasteiger partial charge in [-0.15, -0.1) is 11.3 Å². The van der Waals surface area contributed by atoms with E-state index in [9.17, 15) is 4.79 Å². The molecule has 1 aliphatic heterocycles. The number of carbonyl (C=O) groups is 1. The summed E-state index contributed by atoms with van der Waals surface area (Å²) in [5, 5.41) is 2.03. The van der Waals surface area contributed by atoms with Crippen molar-refractivity contribution in [3.05, 3.63) is 20.8 Å². The van der Waals surface area contributed by atoms with E-state index in [2.05, 4.69) is 20.9 Å². The van der Waals surface area contributed by atoms with Gasteiger partial charge in [0, 0.05) is 40.9 Å². The number of rotatable bonds is 2. The summed E-state index contributed by atoms with van der Waals surface area (Å²) in [5.41, 5.74) is 5.59. The smallest absolute Gasteiger partial charge is 0.410 e. The molecule has 0 unspecified atom stereocenters. The summed E-state index contributed by atoms with van der Waals surface area (Å²) >= 11 is 5.08. The molecule has 1 fully saturated rings. The zero-order valence-corrected chi connectivity index (χ0v) is 16.1. The van der Waals surface area contributed by atoms with Gasteiger partial charge in [0.25, 0.3) is 0 Å². The standard InChI is InChI=1S/C15H23BrN4O2S/c1-15(2,3)22-14(21)20-6-4-19(5-7-20)13(17)18-9-12-8-11(16)10-23-12/h8,10H,4-7,9H2,1-3H3,(H2,17,18). The predicted molar refractivity (Wildman–Crippen MR) is 96.7 cm³/mol. The van der Waals surface area contributed by atoms with Gasteiger partial charge in [-0.3, -0.25) is 0 Å². The fourth-order valence-corrected chi connectivity index (χ4v) is 3.51. The molecule has 0 spiro atoms. The zero-order valence-electron chi connectivity index (χ0n) is 13.7. The Bertz CT molecular complexity index is 574. The van der Waals surface area contributed by atoms with E-state index >= 15 is 0 Å². The summed E-state index contributed by atoms with van der Waals surface area (Å²) < 4.78 is 6.45. The van der Waals surface area contributed by atoms with Crippen molar-refractivity contribution >= 4 is 39.3 Å². The van der Waals surface area contributed by atoms with E-state index in [0.29, 0.717) is 38.7 Å². The molecule has 0 aromatic carbocycles. The van der Waals surface area contributed by atoms with Crippen molar-refractivity contribution in [2.45, 2.75) is 32.9 Å². The third kappa shape index (κ3) is 5.69. The average Bonchev–Trinajstić information content (AvgIpc) is 2.89. The van der Waals surface area contributed by atoms with Gasteiger partial charge < -0.3 is 20.3 Å². The Balaban J connectivity index is 1.82. The van der Waals surface area contributed by atoms with Gasteiger partial charge >= 0.3 is 6.09 Å². The molecular weight excluding hydrogens is 380 g/mol. The predicted octanol–water partition coefficient (Wildman–Crippen LogP) is 2.88. The number of carbonyl (C=O) groups excluding carboxylic acids is 1. The number of nitrogens with two attached hydrogens (primary N) is 1. The summed E-state index contributed by atoms with van der Waals surface area (Å²) in [7, 11) is 0. The van der Waals surface area contributed by atoms with E-state index in [-0.39, 0.29) is 6.09 Å². The van der Waals surface area contributed by atoms with Crippen LogP contribution in [0.1, 0.15) is 25.6 Å². The summed E-state index contributed by atoms with van der Waals surface area (Å²) in [4.78, 5) is 21.3. The number of hydrogen-bond acceptors (Lipinski definition) is 4. The summed E-state index contributed by atoms with van der Waals surface area (Å²) in [6.45, 7) is 8.71. The lowest BCUT2D eigenvalue weighted by atomic mass is 10.2. The molecule has 0 radical (unpaired) electrons. The number of aliphatic imine (C=N–C) groups is 1. The van der Waals surface area contributed by atoms with E-state index in [1.165, 1.54) is 0 Å². The van der Waals surface area contributed by atoms with E-state index in [1.807, 2.05) is 37.1 Å². The largest absolute Gasteiger partial charge is 0.444 e. The molecular formula is C15H23BrN4O2S. The van der Waals surface area contributed by atoms with Crippen LogP contribution in [0, 0.1) is 0 Å². The number of piperazine rings is 1. The molecule has 1 amide bonds. The molecule has 1 aromatic heterocycles. The Morgan fingerprint density at radius 1 is 1.35 bits per heavy atom. The van der Waals surface area contributed by atoms with Gasteiger partial charge in [-0.1, -0.05) is 0 Å². The van der Waals surface area contributed by atoms with Crippen molar-refractivity contribution in [2.24, 2.45) is 10.7 Å². The van der Waals surface area contributed by atoms with Crippen molar-refractivity contribution in [3.63, 3.8) is 0 Å². The topological polar surface area (TPSA) is 71.2 Å². The molecule has 1 aliphatic rings. The number of amides is 1. The van der Waals surface area contributed by atoms with Crippen molar-refractivity contribution in [2.75, 3.05) is 26.2 Å². The number of ether oxygens (including phenoxy) is 1. The summed E-state index contributed by atoms with van der Waals surface area (Å²) in [6, 6.07) is 2.04. The molecule has 0 atom stereocenters. The first-order valence-corrected chi connectivity index (χ1v) is 9.17. The van der Waals surface area contributed by atoms with E-state index in [4.69, 9.17) is 10.5 Å².